The highest BCUT2D eigenvalue weighted by Crippen LogP contribution is 2.28. The van der Waals surface area contributed by atoms with Crippen molar-refractivity contribution >= 4 is 17.9 Å². The van der Waals surface area contributed by atoms with Gasteiger partial charge in [0.25, 0.3) is 11.8 Å². The average molecular weight is 425 g/mol. The molecule has 9 nitrogen and oxygen atoms in total. The average Bonchev–Trinajstić information content (AvgIpc) is 2.77. The normalized spacial score (nSPS) is 16.6. The first-order valence-electron chi connectivity index (χ1n) is 10.1. The van der Waals surface area contributed by atoms with Crippen LogP contribution < -0.4 is 5.32 Å². The molecule has 0 bridgehead atoms. The summed E-state index contributed by atoms with van der Waals surface area (Å²) in [5, 5.41) is 2.60. The topological polar surface area (TPSA) is 105 Å². The number of hydrogen-bond acceptors (Lipinski definition) is 6. The lowest BCUT2D eigenvalue weighted by molar-refractivity contribution is 0.00405. The van der Waals surface area contributed by atoms with E-state index in [1.165, 1.54) is 18.7 Å². The molecule has 9 heteroatoms. The van der Waals surface area contributed by atoms with Crippen molar-refractivity contribution in [3.63, 3.8) is 0 Å². The van der Waals surface area contributed by atoms with Gasteiger partial charge in [0, 0.05) is 44.6 Å². The lowest BCUT2D eigenvalue weighted by atomic mass is 9.99. The Morgan fingerprint density at radius 2 is 1.81 bits per heavy atom. The summed E-state index contributed by atoms with van der Waals surface area (Å²) in [6, 6.07) is 6.59. The van der Waals surface area contributed by atoms with Crippen molar-refractivity contribution in [1.82, 2.24) is 25.1 Å². The van der Waals surface area contributed by atoms with E-state index in [9.17, 15) is 14.4 Å². The van der Waals surface area contributed by atoms with Crippen LogP contribution in [0.4, 0.5) is 4.79 Å². The molecule has 1 unspecified atom stereocenters. The second kappa shape index (κ2) is 9.11. The van der Waals surface area contributed by atoms with Crippen molar-refractivity contribution in [2.75, 3.05) is 26.7 Å². The van der Waals surface area contributed by atoms with Crippen LogP contribution in [0.3, 0.4) is 0 Å². The molecule has 1 atom stereocenters. The first-order valence-corrected chi connectivity index (χ1v) is 10.1. The van der Waals surface area contributed by atoms with E-state index in [1.807, 2.05) is 26.8 Å². The molecule has 1 fully saturated rings. The molecule has 1 aromatic heterocycles. The molecule has 2 heterocycles. The van der Waals surface area contributed by atoms with Gasteiger partial charge < -0.3 is 19.9 Å². The van der Waals surface area contributed by atoms with Gasteiger partial charge in [-0.3, -0.25) is 9.59 Å². The molecule has 1 aliphatic rings. The quantitative estimate of drug-likeness (QED) is 0.809. The molecule has 164 valence electrons. The highest BCUT2D eigenvalue weighted by molar-refractivity contribution is 5.95. The Morgan fingerprint density at radius 3 is 2.45 bits per heavy atom. The van der Waals surface area contributed by atoms with E-state index in [0.717, 1.165) is 5.56 Å². The maximum atomic E-state index is 13.2. The Balaban J connectivity index is 1.93. The fourth-order valence-corrected chi connectivity index (χ4v) is 3.41. The van der Waals surface area contributed by atoms with Gasteiger partial charge in [-0.1, -0.05) is 12.1 Å². The molecule has 3 rings (SSSR count). The van der Waals surface area contributed by atoms with Gasteiger partial charge in [-0.15, -0.1) is 0 Å². The van der Waals surface area contributed by atoms with Crippen LogP contribution in [0, 0.1) is 0 Å². The third-order valence-electron chi connectivity index (χ3n) is 4.86. The number of ether oxygens (including phenoxy) is 1. The Kier molecular flexibility index (Phi) is 6.53. The van der Waals surface area contributed by atoms with Crippen molar-refractivity contribution in [3.05, 3.63) is 59.7 Å². The van der Waals surface area contributed by atoms with Gasteiger partial charge in [0.1, 0.15) is 11.9 Å². The highest BCUT2D eigenvalue weighted by atomic mass is 16.6. The smallest absolute Gasteiger partial charge is 0.410 e. The van der Waals surface area contributed by atoms with Gasteiger partial charge in [-0.2, -0.15) is 0 Å². The van der Waals surface area contributed by atoms with E-state index in [2.05, 4.69) is 15.3 Å². The summed E-state index contributed by atoms with van der Waals surface area (Å²) < 4.78 is 5.52. The second-order valence-corrected chi connectivity index (χ2v) is 8.27. The number of nitrogens with zero attached hydrogens (tertiary/aromatic N) is 4. The van der Waals surface area contributed by atoms with Crippen molar-refractivity contribution in [1.29, 1.82) is 0 Å². The van der Waals surface area contributed by atoms with Crippen LogP contribution in [-0.2, 0) is 4.74 Å². The Morgan fingerprint density at radius 1 is 1.10 bits per heavy atom. The number of carbonyl (C=O) groups excluding carboxylic acids is 3. The SMILES string of the molecule is CNC(=O)c1cccc(C2CN(C(=O)OC(C)(C)C)CCN2C(=O)c2cncnc2)c1. The first-order chi connectivity index (χ1) is 14.7. The van der Waals surface area contributed by atoms with Crippen molar-refractivity contribution in [2.45, 2.75) is 32.4 Å². The zero-order chi connectivity index (χ0) is 22.6. The minimum Gasteiger partial charge on any atom is -0.444 e. The molecule has 1 saturated heterocycles. The Hall–Kier alpha value is -3.49. The molecule has 0 spiro atoms. The minimum atomic E-state index is -0.625. The molecular formula is C22H27N5O4. The number of rotatable bonds is 3. The molecule has 1 aliphatic heterocycles. The van der Waals surface area contributed by atoms with E-state index in [1.54, 1.807) is 35.0 Å². The number of amides is 3. The third kappa shape index (κ3) is 5.36. The molecular weight excluding hydrogens is 398 g/mol. The number of carbonyl (C=O) groups is 3. The van der Waals surface area contributed by atoms with E-state index < -0.39 is 17.7 Å². The molecule has 1 aromatic carbocycles. The van der Waals surface area contributed by atoms with Crippen LogP contribution in [0.15, 0.2) is 43.0 Å². The maximum absolute atomic E-state index is 13.2. The summed E-state index contributed by atoms with van der Waals surface area (Å²) in [4.78, 5) is 49.1. The van der Waals surface area contributed by atoms with Crippen molar-refractivity contribution in [3.8, 4) is 0 Å². The molecule has 31 heavy (non-hydrogen) atoms. The fourth-order valence-electron chi connectivity index (χ4n) is 3.41. The number of aromatic nitrogens is 2. The predicted octanol–water partition coefficient (Wildman–Crippen LogP) is 2.27. The van der Waals surface area contributed by atoms with Crippen molar-refractivity contribution in [2.24, 2.45) is 0 Å². The number of hydrogen-bond donors (Lipinski definition) is 1. The predicted molar refractivity (Wildman–Crippen MR) is 113 cm³/mol. The lowest BCUT2D eigenvalue weighted by Gasteiger charge is -2.42. The first kappa shape index (κ1) is 22.2. The summed E-state index contributed by atoms with van der Waals surface area (Å²) in [6.07, 6.45) is 3.86. The summed E-state index contributed by atoms with van der Waals surface area (Å²) >= 11 is 0. The van der Waals surface area contributed by atoms with E-state index >= 15 is 0 Å². The monoisotopic (exact) mass is 425 g/mol. The van der Waals surface area contributed by atoms with Gasteiger partial charge in [-0.25, -0.2) is 14.8 Å². The van der Waals surface area contributed by atoms with Crippen LogP contribution >= 0.6 is 0 Å². The summed E-state index contributed by atoms with van der Waals surface area (Å²) in [5.41, 5.74) is 0.963. The second-order valence-electron chi connectivity index (χ2n) is 8.27. The van der Waals surface area contributed by atoms with Crippen LogP contribution in [0.5, 0.6) is 0 Å². The largest absolute Gasteiger partial charge is 0.444 e. The van der Waals surface area contributed by atoms with Crippen molar-refractivity contribution < 1.29 is 19.1 Å². The minimum absolute atomic E-state index is 0.226. The molecule has 0 aliphatic carbocycles. The number of benzene rings is 1. The van der Waals surface area contributed by atoms with E-state index in [0.29, 0.717) is 24.2 Å². The summed E-state index contributed by atoms with van der Waals surface area (Å²) in [6.45, 7) is 6.31. The zero-order valence-electron chi connectivity index (χ0n) is 18.2. The lowest BCUT2D eigenvalue weighted by Crippen LogP contribution is -2.53. The standard InChI is InChI=1S/C22H27N5O4/c1-22(2,3)31-21(30)26-8-9-27(20(29)17-11-24-14-25-12-17)18(13-26)15-6-5-7-16(10-15)19(28)23-4/h5-7,10-12,14,18H,8-9,13H2,1-4H3,(H,23,28). The maximum Gasteiger partial charge on any atom is 0.410 e. The van der Waals surface area contributed by atoms with E-state index in [-0.39, 0.29) is 18.4 Å². The molecule has 3 amide bonds. The highest BCUT2D eigenvalue weighted by Gasteiger charge is 2.36. The third-order valence-corrected chi connectivity index (χ3v) is 4.86. The Bertz CT molecular complexity index is 958. The fraction of sp³-hybridized carbons (Fsp3) is 0.409. The van der Waals surface area contributed by atoms with Gasteiger partial charge in [0.2, 0.25) is 0 Å². The van der Waals surface area contributed by atoms with E-state index in [4.69, 9.17) is 4.74 Å². The van der Waals surface area contributed by atoms with Gasteiger partial charge in [0.05, 0.1) is 11.6 Å². The molecule has 0 saturated carbocycles. The number of piperazine rings is 1. The molecule has 2 aromatic rings. The molecule has 0 radical (unpaired) electrons. The van der Waals surface area contributed by atoms with Gasteiger partial charge in [0.15, 0.2) is 0 Å². The van der Waals surface area contributed by atoms with Gasteiger partial charge >= 0.3 is 6.09 Å². The summed E-state index contributed by atoms with van der Waals surface area (Å²) in [7, 11) is 1.56. The Labute approximate surface area is 181 Å². The van der Waals surface area contributed by atoms with Gasteiger partial charge in [-0.05, 0) is 38.5 Å². The number of nitrogens with one attached hydrogen (secondary N) is 1. The zero-order valence-corrected chi connectivity index (χ0v) is 18.2. The van der Waals surface area contributed by atoms with Crippen LogP contribution in [0.1, 0.15) is 53.1 Å². The van der Waals surface area contributed by atoms with Crippen LogP contribution in [0.2, 0.25) is 0 Å². The summed E-state index contributed by atoms with van der Waals surface area (Å²) in [5.74, 6) is -0.462. The van der Waals surface area contributed by atoms with Crippen LogP contribution in [-0.4, -0.2) is 70.0 Å². The molecule has 1 N–H and O–H groups in total. The van der Waals surface area contributed by atoms with Crippen LogP contribution in [0.25, 0.3) is 0 Å².